The summed E-state index contributed by atoms with van der Waals surface area (Å²) in [6, 6.07) is 5.41. The van der Waals surface area contributed by atoms with Gasteiger partial charge in [-0.2, -0.15) is 0 Å². The molecule has 1 aliphatic heterocycles. The van der Waals surface area contributed by atoms with Crippen molar-refractivity contribution in [2.24, 2.45) is 5.73 Å². The Bertz CT molecular complexity index is 436. The maximum Gasteiger partial charge on any atom is 0.244 e. The summed E-state index contributed by atoms with van der Waals surface area (Å²) in [6.07, 6.45) is 0. The zero-order valence-electron chi connectivity index (χ0n) is 9.74. The highest BCUT2D eigenvalue weighted by atomic mass is 35.5. The third-order valence-corrected chi connectivity index (χ3v) is 3.51. The van der Waals surface area contributed by atoms with Gasteiger partial charge in [0.2, 0.25) is 5.91 Å². The quantitative estimate of drug-likeness (QED) is 0.824. The first-order valence-electron chi connectivity index (χ1n) is 5.64. The number of nitrogens with zero attached hydrogens (tertiary/aromatic N) is 1. The number of carbonyl (C=O) groups excluding carboxylic acids is 1. The Hall–Kier alpha value is -1.26. The van der Waals surface area contributed by atoms with Crippen molar-refractivity contribution in [2.75, 3.05) is 24.5 Å². The molecule has 1 atom stereocenters. The molecule has 0 spiro atoms. The molecule has 4 nitrogen and oxygen atoms in total. The topological polar surface area (TPSA) is 58.4 Å². The number of benzene rings is 1. The lowest BCUT2D eigenvalue weighted by atomic mass is 10.1. The lowest BCUT2D eigenvalue weighted by molar-refractivity contribution is -0.123. The number of nitrogens with one attached hydrogen (secondary N) is 1. The molecule has 1 unspecified atom stereocenters. The van der Waals surface area contributed by atoms with Gasteiger partial charge in [-0.15, -0.1) is 0 Å². The predicted molar refractivity (Wildman–Crippen MR) is 69.4 cm³/mol. The number of rotatable bonds is 2. The second-order valence-corrected chi connectivity index (χ2v) is 4.53. The molecule has 1 fully saturated rings. The van der Waals surface area contributed by atoms with Crippen LogP contribution in [-0.2, 0) is 4.79 Å². The maximum atomic E-state index is 11.7. The molecule has 1 aromatic carbocycles. The third-order valence-electron chi connectivity index (χ3n) is 3.10. The van der Waals surface area contributed by atoms with E-state index in [0.29, 0.717) is 18.1 Å². The van der Waals surface area contributed by atoms with E-state index in [4.69, 9.17) is 17.3 Å². The van der Waals surface area contributed by atoms with Crippen LogP contribution in [0, 0.1) is 6.92 Å². The molecule has 0 radical (unpaired) electrons. The fourth-order valence-corrected chi connectivity index (χ4v) is 2.31. The van der Waals surface area contributed by atoms with E-state index >= 15 is 0 Å². The van der Waals surface area contributed by atoms with Crippen LogP contribution in [0.15, 0.2) is 18.2 Å². The highest BCUT2D eigenvalue weighted by Crippen LogP contribution is 2.28. The first-order valence-corrected chi connectivity index (χ1v) is 6.02. The van der Waals surface area contributed by atoms with Crippen LogP contribution in [0.3, 0.4) is 0 Å². The number of hydrogen-bond acceptors (Lipinski definition) is 3. The van der Waals surface area contributed by atoms with Crippen molar-refractivity contribution in [3.8, 4) is 0 Å². The number of nitrogens with two attached hydrogens (primary N) is 1. The van der Waals surface area contributed by atoms with E-state index in [0.717, 1.165) is 17.8 Å². The molecule has 1 amide bonds. The standard InChI is InChI=1S/C12H16ClN3O/c1-8-9(13)3-2-4-10(8)16-6-5-15-12(17)11(16)7-14/h2-4,11H,5-7,14H2,1H3,(H,15,17). The molecule has 0 saturated carbocycles. The van der Waals surface area contributed by atoms with Crippen LogP contribution in [0.5, 0.6) is 0 Å². The molecule has 1 heterocycles. The van der Waals surface area contributed by atoms with Crippen molar-refractivity contribution in [1.29, 1.82) is 0 Å². The van der Waals surface area contributed by atoms with E-state index in [1.807, 2.05) is 30.0 Å². The molecule has 3 N–H and O–H groups in total. The lowest BCUT2D eigenvalue weighted by Gasteiger charge is -2.37. The Kier molecular flexibility index (Phi) is 3.54. The van der Waals surface area contributed by atoms with E-state index < -0.39 is 0 Å². The number of piperazine rings is 1. The summed E-state index contributed by atoms with van der Waals surface area (Å²) in [5.74, 6) is -0.0156. The number of anilines is 1. The van der Waals surface area contributed by atoms with Crippen LogP contribution < -0.4 is 16.0 Å². The summed E-state index contributed by atoms with van der Waals surface area (Å²) in [4.78, 5) is 13.8. The van der Waals surface area contributed by atoms with E-state index in [1.54, 1.807) is 0 Å². The Morgan fingerprint density at radius 3 is 3.06 bits per heavy atom. The largest absolute Gasteiger partial charge is 0.356 e. The average Bonchev–Trinajstić information content (AvgIpc) is 2.32. The molecule has 2 rings (SSSR count). The minimum absolute atomic E-state index is 0.0156. The minimum atomic E-state index is -0.305. The number of carbonyl (C=O) groups is 1. The van der Waals surface area contributed by atoms with Gasteiger partial charge in [0.05, 0.1) is 0 Å². The van der Waals surface area contributed by atoms with Gasteiger partial charge < -0.3 is 16.0 Å². The number of amides is 1. The fraction of sp³-hybridized carbons (Fsp3) is 0.417. The van der Waals surface area contributed by atoms with Crippen LogP contribution in [0.1, 0.15) is 5.56 Å². The Labute approximate surface area is 106 Å². The van der Waals surface area contributed by atoms with E-state index in [2.05, 4.69) is 5.32 Å². The molecule has 1 aliphatic rings. The van der Waals surface area contributed by atoms with Crippen LogP contribution in [0.2, 0.25) is 5.02 Å². The third kappa shape index (κ3) is 2.23. The van der Waals surface area contributed by atoms with Crippen LogP contribution in [0.4, 0.5) is 5.69 Å². The number of halogens is 1. The normalized spacial score (nSPS) is 20.3. The SMILES string of the molecule is Cc1c(Cl)cccc1N1CCNC(=O)C1CN. The van der Waals surface area contributed by atoms with Crippen molar-refractivity contribution < 1.29 is 4.79 Å². The first kappa shape index (κ1) is 12.2. The van der Waals surface area contributed by atoms with Crippen LogP contribution >= 0.6 is 11.6 Å². The molecular formula is C12H16ClN3O. The monoisotopic (exact) mass is 253 g/mol. The van der Waals surface area contributed by atoms with Gasteiger partial charge >= 0.3 is 0 Å². The van der Waals surface area contributed by atoms with Gasteiger partial charge in [0.25, 0.3) is 0 Å². The summed E-state index contributed by atoms with van der Waals surface area (Å²) < 4.78 is 0. The van der Waals surface area contributed by atoms with Crippen molar-refractivity contribution in [3.05, 3.63) is 28.8 Å². The van der Waals surface area contributed by atoms with Gasteiger partial charge in [-0.25, -0.2) is 0 Å². The first-order chi connectivity index (χ1) is 8.15. The van der Waals surface area contributed by atoms with Gasteiger partial charge in [0, 0.05) is 30.3 Å². The molecule has 0 aromatic heterocycles. The van der Waals surface area contributed by atoms with Gasteiger partial charge in [0.1, 0.15) is 6.04 Å². The molecule has 92 valence electrons. The second-order valence-electron chi connectivity index (χ2n) is 4.12. The van der Waals surface area contributed by atoms with Gasteiger partial charge in [-0.3, -0.25) is 4.79 Å². The summed E-state index contributed by atoms with van der Waals surface area (Å²) in [6.45, 7) is 3.66. The molecule has 0 aliphatic carbocycles. The lowest BCUT2D eigenvalue weighted by Crippen LogP contribution is -2.58. The average molecular weight is 254 g/mol. The molecule has 1 saturated heterocycles. The van der Waals surface area contributed by atoms with Crippen molar-refractivity contribution >= 4 is 23.2 Å². The maximum absolute atomic E-state index is 11.7. The predicted octanol–water partition coefficient (Wildman–Crippen LogP) is 0.912. The molecule has 1 aromatic rings. The molecule has 0 bridgehead atoms. The summed E-state index contributed by atoms with van der Waals surface area (Å²) in [7, 11) is 0. The van der Waals surface area contributed by atoms with Crippen LogP contribution in [0.25, 0.3) is 0 Å². The second kappa shape index (κ2) is 4.94. The highest BCUT2D eigenvalue weighted by Gasteiger charge is 2.29. The van der Waals surface area contributed by atoms with Crippen molar-refractivity contribution in [1.82, 2.24) is 5.32 Å². The Morgan fingerprint density at radius 1 is 1.59 bits per heavy atom. The Morgan fingerprint density at radius 2 is 2.35 bits per heavy atom. The van der Waals surface area contributed by atoms with E-state index in [1.165, 1.54) is 0 Å². The van der Waals surface area contributed by atoms with Gasteiger partial charge in [0.15, 0.2) is 0 Å². The van der Waals surface area contributed by atoms with E-state index in [-0.39, 0.29) is 11.9 Å². The zero-order chi connectivity index (χ0) is 12.4. The summed E-state index contributed by atoms with van der Waals surface area (Å²) >= 11 is 6.10. The molecule has 5 heteroatoms. The van der Waals surface area contributed by atoms with E-state index in [9.17, 15) is 4.79 Å². The van der Waals surface area contributed by atoms with Gasteiger partial charge in [-0.05, 0) is 24.6 Å². The van der Waals surface area contributed by atoms with Crippen molar-refractivity contribution in [2.45, 2.75) is 13.0 Å². The van der Waals surface area contributed by atoms with Gasteiger partial charge in [-0.1, -0.05) is 17.7 Å². The molecule has 17 heavy (non-hydrogen) atoms. The Balaban J connectivity index is 2.37. The summed E-state index contributed by atoms with van der Waals surface area (Å²) in [5.41, 5.74) is 7.65. The number of hydrogen-bond donors (Lipinski definition) is 2. The zero-order valence-corrected chi connectivity index (χ0v) is 10.5. The fourth-order valence-electron chi connectivity index (χ4n) is 2.14. The van der Waals surface area contributed by atoms with Crippen LogP contribution in [-0.4, -0.2) is 31.6 Å². The smallest absolute Gasteiger partial charge is 0.244 e. The summed E-state index contributed by atoms with van der Waals surface area (Å²) in [5, 5.41) is 3.54. The molecular weight excluding hydrogens is 238 g/mol. The highest BCUT2D eigenvalue weighted by molar-refractivity contribution is 6.31. The minimum Gasteiger partial charge on any atom is -0.356 e. The van der Waals surface area contributed by atoms with Crippen molar-refractivity contribution in [3.63, 3.8) is 0 Å².